The Bertz CT molecular complexity index is 511. The van der Waals surface area contributed by atoms with Crippen molar-refractivity contribution in [3.63, 3.8) is 0 Å². The quantitative estimate of drug-likeness (QED) is 0.804. The molecule has 0 aliphatic heterocycles. The summed E-state index contributed by atoms with van der Waals surface area (Å²) in [5, 5.41) is 3.67. The van der Waals surface area contributed by atoms with Crippen LogP contribution in [0.3, 0.4) is 0 Å². The van der Waals surface area contributed by atoms with Gasteiger partial charge >= 0.3 is 0 Å². The van der Waals surface area contributed by atoms with Gasteiger partial charge in [-0.05, 0) is 50.8 Å². The minimum atomic E-state index is 0.157. The molecule has 0 atom stereocenters. The van der Waals surface area contributed by atoms with Gasteiger partial charge in [0.25, 0.3) is 0 Å². The van der Waals surface area contributed by atoms with E-state index in [4.69, 9.17) is 0 Å². The highest BCUT2D eigenvalue weighted by molar-refractivity contribution is 5.15. The van der Waals surface area contributed by atoms with Crippen molar-refractivity contribution in [2.75, 3.05) is 0 Å². The lowest BCUT2D eigenvalue weighted by atomic mass is 9.95. The molecule has 2 aromatic rings. The van der Waals surface area contributed by atoms with Crippen molar-refractivity contribution >= 4 is 0 Å². The molecule has 0 amide bonds. The fourth-order valence-corrected chi connectivity index (χ4v) is 2.32. The molecule has 0 fully saturated rings. The van der Waals surface area contributed by atoms with Crippen LogP contribution >= 0.6 is 0 Å². The highest BCUT2D eigenvalue weighted by Crippen LogP contribution is 2.14. The minimum absolute atomic E-state index is 0.157. The van der Waals surface area contributed by atoms with E-state index < -0.39 is 0 Å². The van der Waals surface area contributed by atoms with Crippen LogP contribution in [0.15, 0.2) is 48.8 Å². The van der Waals surface area contributed by atoms with E-state index in [9.17, 15) is 0 Å². The lowest BCUT2D eigenvalue weighted by Crippen LogP contribution is -2.39. The third-order valence-corrected chi connectivity index (χ3v) is 3.83. The summed E-state index contributed by atoms with van der Waals surface area (Å²) in [6.45, 7) is 8.71. The van der Waals surface area contributed by atoms with Gasteiger partial charge in [-0.15, -0.1) is 0 Å². The summed E-state index contributed by atoms with van der Waals surface area (Å²) in [7, 11) is 0. The third kappa shape index (κ3) is 4.53. The third-order valence-electron chi connectivity index (χ3n) is 3.83. The average molecular weight is 270 g/mol. The molecule has 0 saturated heterocycles. The number of hydrogen-bond acceptors (Lipinski definition) is 1. The Morgan fingerprint density at radius 3 is 2.45 bits per heavy atom. The highest BCUT2D eigenvalue weighted by Gasteiger charge is 2.16. The summed E-state index contributed by atoms with van der Waals surface area (Å²) in [6, 6.07) is 12.9. The van der Waals surface area contributed by atoms with E-state index in [0.717, 1.165) is 25.9 Å². The summed E-state index contributed by atoms with van der Waals surface area (Å²) in [4.78, 5) is 0. The maximum absolute atomic E-state index is 3.67. The molecule has 0 saturated carbocycles. The van der Waals surface area contributed by atoms with Gasteiger partial charge in [0.15, 0.2) is 0 Å². The number of aryl methyl sites for hydroxylation is 2. The largest absolute Gasteiger partial charge is 0.354 e. The van der Waals surface area contributed by atoms with Crippen molar-refractivity contribution in [1.82, 2.24) is 9.88 Å². The van der Waals surface area contributed by atoms with Crippen LogP contribution in [0.25, 0.3) is 0 Å². The zero-order valence-corrected chi connectivity index (χ0v) is 12.9. The number of nitrogens with one attached hydrogen (secondary N) is 1. The zero-order chi connectivity index (χ0) is 14.4. The average Bonchev–Trinajstić information content (AvgIpc) is 2.93. The van der Waals surface area contributed by atoms with Crippen LogP contribution in [-0.2, 0) is 19.5 Å². The van der Waals surface area contributed by atoms with Gasteiger partial charge in [-0.25, -0.2) is 0 Å². The molecule has 1 heterocycles. The number of rotatable bonds is 7. The highest BCUT2D eigenvalue weighted by atomic mass is 15.0. The first-order valence-corrected chi connectivity index (χ1v) is 7.53. The molecule has 2 heteroatoms. The lowest BCUT2D eigenvalue weighted by Gasteiger charge is -2.26. The van der Waals surface area contributed by atoms with E-state index in [-0.39, 0.29) is 5.54 Å². The maximum atomic E-state index is 3.67. The molecule has 0 spiro atoms. The molecular weight excluding hydrogens is 244 g/mol. The van der Waals surface area contributed by atoms with Crippen LogP contribution in [0.5, 0.6) is 0 Å². The Morgan fingerprint density at radius 1 is 1.05 bits per heavy atom. The second-order valence-electron chi connectivity index (χ2n) is 6.07. The van der Waals surface area contributed by atoms with Crippen LogP contribution in [0, 0.1) is 0 Å². The normalized spacial score (nSPS) is 11.8. The molecular formula is C18H26N2. The van der Waals surface area contributed by atoms with Crippen molar-refractivity contribution in [3.8, 4) is 0 Å². The van der Waals surface area contributed by atoms with Gasteiger partial charge in [-0.2, -0.15) is 0 Å². The van der Waals surface area contributed by atoms with Crippen LogP contribution in [-0.4, -0.2) is 10.1 Å². The first kappa shape index (κ1) is 14.9. The second-order valence-corrected chi connectivity index (χ2v) is 6.07. The summed E-state index contributed by atoms with van der Waals surface area (Å²) in [6.07, 6.45) is 6.64. The zero-order valence-electron chi connectivity index (χ0n) is 12.9. The van der Waals surface area contributed by atoms with Crippen molar-refractivity contribution in [1.29, 1.82) is 0 Å². The minimum Gasteiger partial charge on any atom is -0.354 e. The number of nitrogens with zero attached hydrogens (tertiary/aromatic N) is 1. The van der Waals surface area contributed by atoms with E-state index in [2.05, 4.69) is 79.4 Å². The van der Waals surface area contributed by atoms with Crippen molar-refractivity contribution in [3.05, 3.63) is 59.9 Å². The molecule has 2 nitrogen and oxygen atoms in total. The Kier molecular flexibility index (Phi) is 5.02. The molecule has 1 N–H and O–H groups in total. The monoisotopic (exact) mass is 270 g/mol. The van der Waals surface area contributed by atoms with E-state index in [1.54, 1.807) is 0 Å². The van der Waals surface area contributed by atoms with Gasteiger partial charge < -0.3 is 9.88 Å². The van der Waals surface area contributed by atoms with Crippen LogP contribution in [0.4, 0.5) is 0 Å². The Hall–Kier alpha value is -1.54. The molecule has 2 rings (SSSR count). The van der Waals surface area contributed by atoms with Crippen molar-refractivity contribution in [2.45, 2.75) is 52.2 Å². The number of hydrogen-bond donors (Lipinski definition) is 1. The summed E-state index contributed by atoms with van der Waals surface area (Å²) < 4.78 is 2.22. The molecule has 108 valence electrons. The molecule has 1 aromatic carbocycles. The van der Waals surface area contributed by atoms with Crippen LogP contribution in [0.1, 0.15) is 38.3 Å². The second kappa shape index (κ2) is 6.76. The molecule has 20 heavy (non-hydrogen) atoms. The van der Waals surface area contributed by atoms with Crippen molar-refractivity contribution < 1.29 is 0 Å². The smallest absolute Gasteiger partial charge is 0.0225 e. The first-order chi connectivity index (χ1) is 9.59. The summed E-state index contributed by atoms with van der Waals surface area (Å²) in [5.41, 5.74) is 2.93. The molecule has 0 aliphatic carbocycles. The van der Waals surface area contributed by atoms with Gasteiger partial charge in [-0.3, -0.25) is 0 Å². The van der Waals surface area contributed by atoms with Crippen molar-refractivity contribution in [2.24, 2.45) is 0 Å². The van der Waals surface area contributed by atoms with Crippen LogP contribution in [0.2, 0.25) is 0 Å². The molecule has 0 bridgehead atoms. The van der Waals surface area contributed by atoms with Gasteiger partial charge in [-0.1, -0.05) is 30.3 Å². The number of benzene rings is 1. The Labute approximate surface area is 122 Å². The number of aromatic nitrogens is 1. The van der Waals surface area contributed by atoms with E-state index in [1.165, 1.54) is 11.1 Å². The Balaban J connectivity index is 1.81. The first-order valence-electron chi connectivity index (χ1n) is 7.53. The van der Waals surface area contributed by atoms with Gasteiger partial charge in [0.1, 0.15) is 0 Å². The summed E-state index contributed by atoms with van der Waals surface area (Å²) >= 11 is 0. The molecule has 0 radical (unpaired) electrons. The standard InChI is InChI=1S/C18H26N2/c1-4-20-13-11-17(15-20)14-19-18(2,3)12-10-16-8-6-5-7-9-16/h5-9,11,13,15,19H,4,10,12,14H2,1-3H3. The Morgan fingerprint density at radius 2 is 1.80 bits per heavy atom. The summed E-state index contributed by atoms with van der Waals surface area (Å²) in [5.74, 6) is 0. The van der Waals surface area contributed by atoms with E-state index in [0.29, 0.717) is 0 Å². The van der Waals surface area contributed by atoms with Gasteiger partial charge in [0.2, 0.25) is 0 Å². The fourth-order valence-electron chi connectivity index (χ4n) is 2.32. The molecule has 1 aromatic heterocycles. The fraction of sp³-hybridized carbons (Fsp3) is 0.444. The predicted octanol–water partition coefficient (Wildman–Crippen LogP) is 4.01. The molecule has 0 aliphatic rings. The van der Waals surface area contributed by atoms with E-state index >= 15 is 0 Å². The predicted molar refractivity (Wildman–Crippen MR) is 85.8 cm³/mol. The molecule has 0 unspecified atom stereocenters. The van der Waals surface area contributed by atoms with Gasteiger partial charge in [0.05, 0.1) is 0 Å². The lowest BCUT2D eigenvalue weighted by molar-refractivity contribution is 0.360. The van der Waals surface area contributed by atoms with E-state index in [1.807, 2.05) is 0 Å². The topological polar surface area (TPSA) is 17.0 Å². The maximum Gasteiger partial charge on any atom is 0.0225 e. The van der Waals surface area contributed by atoms with Gasteiger partial charge in [0, 0.05) is 31.0 Å². The van der Waals surface area contributed by atoms with Crippen LogP contribution < -0.4 is 5.32 Å². The SMILES string of the molecule is CCn1ccc(CNC(C)(C)CCc2ccccc2)c1.